The molecule has 0 unspecified atom stereocenters. The molecule has 2 rings (SSSR count). The molecule has 0 atom stereocenters. The Labute approximate surface area is 105 Å². The van der Waals surface area contributed by atoms with Gasteiger partial charge in [0.05, 0.1) is 0 Å². The number of aryl methyl sites for hydroxylation is 1. The van der Waals surface area contributed by atoms with E-state index in [1.165, 1.54) is 49.7 Å². The van der Waals surface area contributed by atoms with E-state index in [0.717, 1.165) is 5.56 Å². The second-order valence-corrected chi connectivity index (χ2v) is 4.67. The molecule has 0 nitrogen and oxygen atoms in total. The molecule has 0 heteroatoms. The first kappa shape index (κ1) is 12.0. The summed E-state index contributed by atoms with van der Waals surface area (Å²) in [6.07, 6.45) is 9.65. The zero-order valence-electron chi connectivity index (χ0n) is 10.6. The molecule has 0 radical (unpaired) electrons. The van der Waals surface area contributed by atoms with Gasteiger partial charge in [-0.15, -0.1) is 0 Å². The largest absolute Gasteiger partial charge is 0.0729 e. The Hall–Kier alpha value is -1.48. The lowest BCUT2D eigenvalue weighted by atomic mass is 10.1. The lowest BCUT2D eigenvalue weighted by molar-refractivity contribution is 0.795. The van der Waals surface area contributed by atoms with Crippen LogP contribution in [-0.4, -0.2) is 0 Å². The predicted molar refractivity (Wildman–Crippen MR) is 73.9 cm³/mol. The number of allylic oxidation sites excluding steroid dienone is 2. The van der Waals surface area contributed by atoms with Crippen LogP contribution in [0.15, 0.2) is 35.9 Å². The number of hydrogen-bond acceptors (Lipinski definition) is 0. The Balaban J connectivity index is 1.97. The third-order valence-electron chi connectivity index (χ3n) is 3.18. The lowest BCUT2D eigenvalue weighted by Gasteiger charge is -1.99. The van der Waals surface area contributed by atoms with Gasteiger partial charge in [0.1, 0.15) is 0 Å². The molecule has 0 spiro atoms. The summed E-state index contributed by atoms with van der Waals surface area (Å²) in [6.45, 7) is 2.23. The van der Waals surface area contributed by atoms with Crippen molar-refractivity contribution >= 4 is 0 Å². The minimum absolute atomic E-state index is 1.14. The van der Waals surface area contributed by atoms with Crippen molar-refractivity contribution in [2.24, 2.45) is 0 Å². The molecular weight excluding hydrogens is 204 g/mol. The highest BCUT2D eigenvalue weighted by Crippen LogP contribution is 2.16. The first-order valence-corrected chi connectivity index (χ1v) is 6.68. The quantitative estimate of drug-likeness (QED) is 0.663. The van der Waals surface area contributed by atoms with Crippen LogP contribution >= 0.6 is 0 Å². The standard InChI is InChI=1S/C17H20/c1-2-3-6-16-10-13-17(14-11-16)12-9-15-7-4-5-8-15/h7,10-11,13-14H,2-6,8H2,1H3. The topological polar surface area (TPSA) is 0 Å². The maximum absolute atomic E-state index is 3.27. The van der Waals surface area contributed by atoms with Crippen molar-refractivity contribution in [2.75, 3.05) is 0 Å². The van der Waals surface area contributed by atoms with Crippen LogP contribution in [0, 0.1) is 11.8 Å². The van der Waals surface area contributed by atoms with Gasteiger partial charge in [0.15, 0.2) is 0 Å². The minimum atomic E-state index is 1.14. The van der Waals surface area contributed by atoms with Crippen LogP contribution in [0.3, 0.4) is 0 Å². The van der Waals surface area contributed by atoms with Crippen molar-refractivity contribution < 1.29 is 0 Å². The van der Waals surface area contributed by atoms with Crippen molar-refractivity contribution in [2.45, 2.75) is 45.4 Å². The Kier molecular flexibility index (Phi) is 4.45. The predicted octanol–water partition coefficient (Wildman–Crippen LogP) is 4.49. The van der Waals surface area contributed by atoms with Crippen LogP contribution in [0.1, 0.15) is 50.2 Å². The first-order valence-electron chi connectivity index (χ1n) is 6.68. The summed E-state index contributed by atoms with van der Waals surface area (Å²) in [5.74, 6) is 6.52. The highest BCUT2D eigenvalue weighted by atomic mass is 14.0. The fourth-order valence-electron chi connectivity index (χ4n) is 2.07. The second kappa shape index (κ2) is 6.30. The molecule has 17 heavy (non-hydrogen) atoms. The van der Waals surface area contributed by atoms with E-state index in [4.69, 9.17) is 0 Å². The van der Waals surface area contributed by atoms with Gasteiger partial charge in [0.25, 0.3) is 0 Å². The lowest BCUT2D eigenvalue weighted by Crippen LogP contribution is -1.84. The molecule has 88 valence electrons. The van der Waals surface area contributed by atoms with Gasteiger partial charge in [-0.2, -0.15) is 0 Å². The van der Waals surface area contributed by atoms with Crippen molar-refractivity contribution in [3.8, 4) is 11.8 Å². The maximum atomic E-state index is 3.27. The Morgan fingerprint density at radius 3 is 2.59 bits per heavy atom. The molecule has 0 amide bonds. The molecule has 0 fully saturated rings. The summed E-state index contributed by atoms with van der Waals surface area (Å²) in [6, 6.07) is 8.71. The third-order valence-corrected chi connectivity index (χ3v) is 3.18. The molecule has 0 aliphatic heterocycles. The smallest absolute Gasteiger partial charge is 0.0249 e. The van der Waals surface area contributed by atoms with Gasteiger partial charge in [0, 0.05) is 5.56 Å². The highest BCUT2D eigenvalue weighted by molar-refractivity contribution is 5.42. The molecule has 0 saturated heterocycles. The summed E-state index contributed by atoms with van der Waals surface area (Å²) < 4.78 is 0. The molecule has 1 aromatic rings. The number of hydrogen-bond donors (Lipinski definition) is 0. The van der Waals surface area contributed by atoms with Crippen LogP contribution in [0.2, 0.25) is 0 Å². The molecule has 1 aliphatic rings. The number of benzene rings is 1. The van der Waals surface area contributed by atoms with Crippen LogP contribution in [0.4, 0.5) is 0 Å². The van der Waals surface area contributed by atoms with Crippen molar-refractivity contribution in [1.82, 2.24) is 0 Å². The van der Waals surface area contributed by atoms with E-state index < -0.39 is 0 Å². The summed E-state index contributed by atoms with van der Waals surface area (Å²) >= 11 is 0. The average Bonchev–Trinajstić information content (AvgIpc) is 2.88. The molecule has 0 N–H and O–H groups in total. The summed E-state index contributed by atoms with van der Waals surface area (Å²) in [5, 5.41) is 0. The van der Waals surface area contributed by atoms with E-state index in [9.17, 15) is 0 Å². The molecule has 0 saturated carbocycles. The van der Waals surface area contributed by atoms with Gasteiger partial charge in [0.2, 0.25) is 0 Å². The third kappa shape index (κ3) is 3.79. The van der Waals surface area contributed by atoms with Gasteiger partial charge >= 0.3 is 0 Å². The summed E-state index contributed by atoms with van der Waals surface area (Å²) in [5.41, 5.74) is 3.88. The Morgan fingerprint density at radius 1 is 1.12 bits per heavy atom. The van der Waals surface area contributed by atoms with Crippen LogP contribution in [-0.2, 0) is 6.42 Å². The second-order valence-electron chi connectivity index (χ2n) is 4.67. The van der Waals surface area contributed by atoms with Crippen LogP contribution < -0.4 is 0 Å². The number of unbranched alkanes of at least 4 members (excludes halogenated alkanes) is 1. The van der Waals surface area contributed by atoms with Crippen molar-refractivity contribution in [3.05, 3.63) is 47.0 Å². The van der Waals surface area contributed by atoms with E-state index in [0.29, 0.717) is 0 Å². The first-order chi connectivity index (χ1) is 8.38. The van der Waals surface area contributed by atoms with Gasteiger partial charge in [-0.25, -0.2) is 0 Å². The highest BCUT2D eigenvalue weighted by Gasteiger charge is 1.99. The summed E-state index contributed by atoms with van der Waals surface area (Å²) in [4.78, 5) is 0. The fourth-order valence-corrected chi connectivity index (χ4v) is 2.07. The van der Waals surface area contributed by atoms with E-state index in [1.54, 1.807) is 0 Å². The van der Waals surface area contributed by atoms with Gasteiger partial charge in [-0.05, 0) is 55.4 Å². The monoisotopic (exact) mass is 224 g/mol. The van der Waals surface area contributed by atoms with Crippen LogP contribution in [0.5, 0.6) is 0 Å². The molecule has 1 aliphatic carbocycles. The van der Waals surface area contributed by atoms with Gasteiger partial charge < -0.3 is 0 Å². The molecule has 0 aromatic heterocycles. The van der Waals surface area contributed by atoms with E-state index in [1.807, 2.05) is 0 Å². The normalized spacial score (nSPS) is 14.1. The number of rotatable bonds is 3. The SMILES string of the molecule is CCCCc1ccc(C#CC2=CCCC2)cc1. The minimum Gasteiger partial charge on any atom is -0.0729 e. The van der Waals surface area contributed by atoms with E-state index in [2.05, 4.69) is 49.1 Å². The molecular formula is C17H20. The molecule has 0 bridgehead atoms. The van der Waals surface area contributed by atoms with Crippen molar-refractivity contribution in [1.29, 1.82) is 0 Å². The molecule has 0 heterocycles. The fraction of sp³-hybridized carbons (Fsp3) is 0.412. The van der Waals surface area contributed by atoms with Gasteiger partial charge in [-0.3, -0.25) is 0 Å². The van der Waals surface area contributed by atoms with Crippen molar-refractivity contribution in [3.63, 3.8) is 0 Å². The summed E-state index contributed by atoms with van der Waals surface area (Å²) in [7, 11) is 0. The average molecular weight is 224 g/mol. The zero-order chi connectivity index (χ0) is 11.9. The Morgan fingerprint density at radius 2 is 1.94 bits per heavy atom. The molecule has 1 aromatic carbocycles. The van der Waals surface area contributed by atoms with Gasteiger partial charge in [-0.1, -0.05) is 43.4 Å². The Bertz CT molecular complexity index is 437. The van der Waals surface area contributed by atoms with Crippen LogP contribution in [0.25, 0.3) is 0 Å². The zero-order valence-corrected chi connectivity index (χ0v) is 10.6. The maximum Gasteiger partial charge on any atom is 0.0249 e. The van der Waals surface area contributed by atoms with E-state index in [-0.39, 0.29) is 0 Å². The van der Waals surface area contributed by atoms with E-state index >= 15 is 0 Å².